The third kappa shape index (κ3) is 3.01. The molecule has 3 heterocycles. The highest BCUT2D eigenvalue weighted by atomic mass is 16.5. The van der Waals surface area contributed by atoms with Crippen molar-refractivity contribution in [2.75, 3.05) is 12.3 Å². The second-order valence-electron chi connectivity index (χ2n) is 6.16. The van der Waals surface area contributed by atoms with Gasteiger partial charge in [0.05, 0.1) is 23.4 Å². The largest absolute Gasteiger partial charge is 0.491 e. The number of rotatable bonds is 5. The number of nitrogens with one attached hydrogen (secondary N) is 1. The van der Waals surface area contributed by atoms with Crippen LogP contribution in [0.15, 0.2) is 59.5 Å². The van der Waals surface area contributed by atoms with Crippen LogP contribution in [0.5, 0.6) is 5.75 Å². The maximum Gasteiger partial charge on any atom is 0.262 e. The Morgan fingerprint density at radius 3 is 2.61 bits per heavy atom. The second kappa shape index (κ2) is 6.99. The van der Waals surface area contributed by atoms with Crippen LogP contribution in [0.1, 0.15) is 26.4 Å². The van der Waals surface area contributed by atoms with Crippen molar-refractivity contribution in [2.24, 2.45) is 0 Å². The molecule has 8 heteroatoms. The van der Waals surface area contributed by atoms with Gasteiger partial charge in [0.1, 0.15) is 11.6 Å². The van der Waals surface area contributed by atoms with Crippen molar-refractivity contribution in [1.29, 1.82) is 0 Å². The number of hydrogen-bond acceptors (Lipinski definition) is 6. The number of nitrogen functional groups attached to an aromatic ring is 1. The molecule has 1 aromatic carbocycles. The molecule has 2 amide bonds. The van der Waals surface area contributed by atoms with Crippen molar-refractivity contribution < 1.29 is 14.3 Å². The lowest BCUT2D eigenvalue weighted by molar-refractivity contribution is 0.0880. The summed E-state index contributed by atoms with van der Waals surface area (Å²) in [5.41, 5.74) is 6.81. The first-order chi connectivity index (χ1) is 13.6. The van der Waals surface area contributed by atoms with Gasteiger partial charge in [-0.3, -0.25) is 29.3 Å². The summed E-state index contributed by atoms with van der Waals surface area (Å²) >= 11 is 0. The normalized spacial score (nSPS) is 12.6. The van der Waals surface area contributed by atoms with Gasteiger partial charge in [-0.25, -0.2) is 0 Å². The van der Waals surface area contributed by atoms with Gasteiger partial charge in [-0.1, -0.05) is 18.2 Å². The maximum atomic E-state index is 12.6. The molecule has 0 saturated carbocycles. The molecule has 1 aliphatic rings. The summed E-state index contributed by atoms with van der Waals surface area (Å²) in [6, 6.07) is 13.6. The number of pyridine rings is 2. The Balaban J connectivity index is 1.69. The first kappa shape index (κ1) is 17.5. The Morgan fingerprint density at radius 1 is 1.04 bits per heavy atom. The summed E-state index contributed by atoms with van der Waals surface area (Å²) in [6.07, 6.45) is 2.29. The van der Waals surface area contributed by atoms with Gasteiger partial charge >= 0.3 is 0 Å². The molecule has 0 saturated heterocycles. The molecule has 8 nitrogen and oxygen atoms in total. The number of carbonyl (C=O) groups is 2. The van der Waals surface area contributed by atoms with E-state index >= 15 is 0 Å². The summed E-state index contributed by atoms with van der Waals surface area (Å²) in [6.45, 7) is 0.340. The number of nitrogens with two attached hydrogens (primary N) is 1. The van der Waals surface area contributed by atoms with Gasteiger partial charge in [-0.2, -0.15) is 0 Å². The van der Waals surface area contributed by atoms with Crippen LogP contribution in [0, 0.1) is 0 Å². The molecule has 28 heavy (non-hydrogen) atoms. The molecular weight excluding hydrogens is 360 g/mol. The lowest BCUT2D eigenvalue weighted by Crippen LogP contribution is -2.24. The number of ether oxygens (including phenoxy) is 1. The molecule has 3 aromatic rings. The minimum Gasteiger partial charge on any atom is -0.491 e. The minimum atomic E-state index is -0.629. The number of anilines is 1. The van der Waals surface area contributed by atoms with Gasteiger partial charge in [0.25, 0.3) is 17.4 Å². The van der Waals surface area contributed by atoms with E-state index in [1.807, 2.05) is 18.2 Å². The van der Waals surface area contributed by atoms with Gasteiger partial charge in [-0.15, -0.1) is 0 Å². The Labute approximate surface area is 159 Å². The predicted octanol–water partition coefficient (Wildman–Crippen LogP) is 1.32. The summed E-state index contributed by atoms with van der Waals surface area (Å²) in [4.78, 5) is 40.7. The fourth-order valence-corrected chi connectivity index (χ4v) is 3.10. The number of carbonyl (C=O) groups excluding carboxylic acids is 2. The first-order valence-corrected chi connectivity index (χ1v) is 8.59. The molecule has 0 atom stereocenters. The van der Waals surface area contributed by atoms with Gasteiger partial charge in [0, 0.05) is 24.4 Å². The molecule has 140 valence electrons. The van der Waals surface area contributed by atoms with Crippen LogP contribution < -0.4 is 21.3 Å². The van der Waals surface area contributed by atoms with Gasteiger partial charge in [0.15, 0.2) is 0 Å². The van der Waals surface area contributed by atoms with Crippen molar-refractivity contribution >= 4 is 17.6 Å². The fraction of sp³-hybridized carbons (Fsp3) is 0.100. The Hall–Kier alpha value is -3.94. The van der Waals surface area contributed by atoms with Crippen LogP contribution in [0.2, 0.25) is 0 Å². The van der Waals surface area contributed by atoms with E-state index in [0.29, 0.717) is 24.5 Å². The van der Waals surface area contributed by atoms with Crippen LogP contribution in [-0.2, 0) is 6.42 Å². The third-order valence-electron chi connectivity index (χ3n) is 4.40. The molecule has 0 unspecified atom stereocenters. The zero-order valence-electron chi connectivity index (χ0n) is 14.7. The Kier molecular flexibility index (Phi) is 4.36. The number of para-hydroxylation sites is 2. The zero-order chi connectivity index (χ0) is 19.7. The monoisotopic (exact) mass is 376 g/mol. The smallest absolute Gasteiger partial charge is 0.262 e. The average Bonchev–Trinajstić information content (AvgIpc) is 2.97. The average molecular weight is 376 g/mol. The van der Waals surface area contributed by atoms with Crippen LogP contribution in [-0.4, -0.2) is 28.0 Å². The number of hydrogen-bond donors (Lipinski definition) is 2. The lowest BCUT2D eigenvalue weighted by Gasteiger charge is -2.16. The second-order valence-corrected chi connectivity index (χ2v) is 6.16. The molecule has 3 N–H and O–H groups in total. The highest BCUT2D eigenvalue weighted by Crippen LogP contribution is 2.27. The molecule has 0 fully saturated rings. The standard InChI is InChI=1S/C20H16N4O4/c21-18-17-13(19(26)23-20(17)27)11-16(25)24(18)14-6-1-2-7-15(14)28-10-8-12-5-3-4-9-22-12/h1-7,9,11H,8,10,21H2,(H,23,26,27). The van der Waals surface area contributed by atoms with Crippen LogP contribution >= 0.6 is 0 Å². The van der Waals surface area contributed by atoms with Crippen molar-refractivity contribution in [2.45, 2.75) is 6.42 Å². The van der Waals surface area contributed by atoms with Crippen molar-refractivity contribution in [1.82, 2.24) is 14.9 Å². The molecule has 1 aliphatic heterocycles. The SMILES string of the molecule is Nc1c2c(cc(=O)n1-c1ccccc1OCCc1ccccn1)C(=O)NC2=O. The van der Waals surface area contributed by atoms with Gasteiger partial charge in [-0.05, 0) is 24.3 Å². The summed E-state index contributed by atoms with van der Waals surface area (Å²) in [7, 11) is 0. The molecule has 0 aliphatic carbocycles. The van der Waals surface area contributed by atoms with E-state index in [9.17, 15) is 14.4 Å². The number of imide groups is 1. The maximum absolute atomic E-state index is 12.6. The molecular formula is C20H16N4O4. The number of benzene rings is 1. The van der Waals surface area contributed by atoms with Crippen LogP contribution in [0.4, 0.5) is 5.82 Å². The van der Waals surface area contributed by atoms with E-state index in [1.165, 1.54) is 4.57 Å². The summed E-state index contributed by atoms with van der Waals surface area (Å²) < 4.78 is 7.02. The van der Waals surface area contributed by atoms with E-state index in [4.69, 9.17) is 10.5 Å². The first-order valence-electron chi connectivity index (χ1n) is 8.59. The van der Waals surface area contributed by atoms with Gasteiger partial charge in [0.2, 0.25) is 0 Å². The molecule has 4 rings (SSSR count). The highest BCUT2D eigenvalue weighted by molar-refractivity contribution is 6.23. The van der Waals surface area contributed by atoms with Crippen molar-refractivity contribution in [3.05, 3.63) is 81.9 Å². The van der Waals surface area contributed by atoms with Crippen LogP contribution in [0.25, 0.3) is 5.69 Å². The van der Waals surface area contributed by atoms with E-state index in [0.717, 1.165) is 11.8 Å². The van der Waals surface area contributed by atoms with E-state index in [1.54, 1.807) is 30.5 Å². The lowest BCUT2D eigenvalue weighted by atomic mass is 10.1. The molecule has 2 aromatic heterocycles. The molecule has 0 spiro atoms. The Morgan fingerprint density at radius 2 is 1.82 bits per heavy atom. The van der Waals surface area contributed by atoms with Crippen molar-refractivity contribution in [3.8, 4) is 11.4 Å². The minimum absolute atomic E-state index is 0.00658. The van der Waals surface area contributed by atoms with Gasteiger partial charge < -0.3 is 10.5 Å². The number of amides is 2. The predicted molar refractivity (Wildman–Crippen MR) is 102 cm³/mol. The summed E-state index contributed by atoms with van der Waals surface area (Å²) in [5, 5.41) is 2.15. The topological polar surface area (TPSA) is 116 Å². The summed E-state index contributed by atoms with van der Waals surface area (Å²) in [5.74, 6) is -0.931. The van der Waals surface area contributed by atoms with Crippen molar-refractivity contribution in [3.63, 3.8) is 0 Å². The van der Waals surface area contributed by atoms with Crippen LogP contribution in [0.3, 0.4) is 0 Å². The van der Waals surface area contributed by atoms with E-state index < -0.39 is 17.4 Å². The molecule has 0 radical (unpaired) electrons. The van der Waals surface area contributed by atoms with E-state index in [2.05, 4.69) is 10.3 Å². The third-order valence-corrected chi connectivity index (χ3v) is 4.40. The quantitative estimate of drug-likeness (QED) is 0.649. The highest BCUT2D eigenvalue weighted by Gasteiger charge is 2.32. The number of nitrogens with zero attached hydrogens (tertiary/aromatic N) is 2. The van der Waals surface area contributed by atoms with E-state index in [-0.39, 0.29) is 16.9 Å². The molecule has 0 bridgehead atoms. The Bertz CT molecular complexity index is 1140. The number of fused-ring (bicyclic) bond motifs is 1. The zero-order valence-corrected chi connectivity index (χ0v) is 14.7. The number of aromatic nitrogens is 2. The fourth-order valence-electron chi connectivity index (χ4n) is 3.10.